The minimum absolute atomic E-state index is 0.493. The Balaban J connectivity index is 3.28. The molecule has 0 aliphatic carbocycles. The zero-order chi connectivity index (χ0) is 8.48. The van der Waals surface area contributed by atoms with Crippen molar-refractivity contribution in [3.63, 3.8) is 0 Å². The molecule has 0 bridgehead atoms. The van der Waals surface area contributed by atoms with Gasteiger partial charge in [-0.3, -0.25) is 4.55 Å². The van der Waals surface area contributed by atoms with Gasteiger partial charge in [0.15, 0.2) is 0 Å². The molecule has 0 radical (unpaired) electrons. The van der Waals surface area contributed by atoms with E-state index in [0.29, 0.717) is 5.69 Å². The lowest BCUT2D eigenvalue weighted by atomic mass is 10.5. The molecule has 0 unspecified atom stereocenters. The summed E-state index contributed by atoms with van der Waals surface area (Å²) in [6.45, 7) is 1.61. The zero-order valence-electron chi connectivity index (χ0n) is 5.72. The van der Waals surface area contributed by atoms with Gasteiger partial charge in [-0.25, -0.2) is 9.97 Å². The maximum atomic E-state index is 10.4. The second kappa shape index (κ2) is 2.55. The first kappa shape index (κ1) is 8.09. The molecule has 6 heteroatoms. The smallest absolute Gasteiger partial charge is 0.279 e. The van der Waals surface area contributed by atoms with Gasteiger partial charge < -0.3 is 0 Å². The van der Waals surface area contributed by atoms with Crippen molar-refractivity contribution in [2.24, 2.45) is 0 Å². The maximum Gasteiger partial charge on any atom is 0.330 e. The number of nitrogens with zero attached hydrogens (tertiary/aromatic N) is 2. The van der Waals surface area contributed by atoms with Crippen molar-refractivity contribution in [1.82, 2.24) is 9.97 Å². The number of hydrogen-bond donors (Lipinski definition) is 1. The topological polar surface area (TPSA) is 80.2 Å². The van der Waals surface area contributed by atoms with Crippen LogP contribution in [0.2, 0.25) is 0 Å². The Kier molecular flexibility index (Phi) is 1.88. The van der Waals surface area contributed by atoms with E-state index in [-0.39, 0.29) is 0 Å². The van der Waals surface area contributed by atoms with Crippen LogP contribution in [-0.4, -0.2) is 22.9 Å². The molecule has 1 N–H and O–H groups in total. The third kappa shape index (κ3) is 1.95. The van der Waals surface area contributed by atoms with E-state index in [1.54, 1.807) is 6.92 Å². The van der Waals surface area contributed by atoms with E-state index in [1.807, 2.05) is 0 Å². The first-order valence-corrected chi connectivity index (χ1v) is 4.21. The number of aromatic nitrogens is 2. The molecule has 1 aromatic heterocycles. The first-order chi connectivity index (χ1) is 5.00. The second-order valence-corrected chi connectivity index (χ2v) is 3.27. The molecule has 0 atom stereocenters. The van der Waals surface area contributed by atoms with Crippen molar-refractivity contribution in [3.8, 4) is 0 Å². The summed E-state index contributed by atoms with van der Waals surface area (Å²) in [4.78, 5) is 6.86. The highest BCUT2D eigenvalue weighted by atomic mass is 32.2. The fourth-order valence-corrected chi connectivity index (χ4v) is 1.00. The van der Waals surface area contributed by atoms with Gasteiger partial charge in [-0.1, -0.05) is 0 Å². The Morgan fingerprint density at radius 3 is 2.55 bits per heavy atom. The molecule has 1 heterocycles. The van der Waals surface area contributed by atoms with Crippen LogP contribution in [0.15, 0.2) is 17.4 Å². The molecule has 1 rings (SSSR count). The molecule has 0 amide bonds. The third-order valence-corrected chi connectivity index (χ3v) is 1.66. The number of aryl methyl sites for hydroxylation is 1. The summed E-state index contributed by atoms with van der Waals surface area (Å²) >= 11 is 0. The van der Waals surface area contributed by atoms with Gasteiger partial charge in [-0.05, 0) is 13.0 Å². The zero-order valence-corrected chi connectivity index (χ0v) is 6.54. The van der Waals surface area contributed by atoms with Crippen LogP contribution in [0.25, 0.3) is 0 Å². The summed E-state index contributed by atoms with van der Waals surface area (Å²) < 4.78 is 29.3. The molecule has 11 heavy (non-hydrogen) atoms. The van der Waals surface area contributed by atoms with Crippen molar-refractivity contribution in [2.45, 2.75) is 12.1 Å². The van der Waals surface area contributed by atoms with Crippen LogP contribution in [0.3, 0.4) is 0 Å². The summed E-state index contributed by atoms with van der Waals surface area (Å²) in [5.41, 5.74) is 0.493. The van der Waals surface area contributed by atoms with E-state index < -0.39 is 15.3 Å². The fraction of sp³-hybridized carbons (Fsp3) is 0.200. The van der Waals surface area contributed by atoms with Gasteiger partial charge in [-0.15, -0.1) is 0 Å². The van der Waals surface area contributed by atoms with Crippen LogP contribution in [0.4, 0.5) is 0 Å². The quantitative estimate of drug-likeness (QED) is 0.480. The van der Waals surface area contributed by atoms with Crippen molar-refractivity contribution < 1.29 is 13.0 Å². The molecule has 1 aromatic rings. The predicted octanol–water partition coefficient (Wildman–Crippen LogP) is 0.0317. The predicted molar refractivity (Wildman–Crippen MR) is 36.6 cm³/mol. The Labute approximate surface area is 63.9 Å². The van der Waals surface area contributed by atoms with Gasteiger partial charge >= 0.3 is 10.1 Å². The summed E-state index contributed by atoms with van der Waals surface area (Å²) in [6.07, 6.45) is 1.27. The van der Waals surface area contributed by atoms with Crippen LogP contribution in [0, 0.1) is 6.92 Å². The van der Waals surface area contributed by atoms with Gasteiger partial charge in [0, 0.05) is 11.9 Å². The molecule has 0 aliphatic heterocycles. The van der Waals surface area contributed by atoms with Gasteiger partial charge in [0.05, 0.1) is 0 Å². The summed E-state index contributed by atoms with van der Waals surface area (Å²) in [6, 6.07) is 1.54. The highest BCUT2D eigenvalue weighted by Gasteiger charge is 2.11. The summed E-state index contributed by atoms with van der Waals surface area (Å²) in [5.74, 6) is 0. The van der Waals surface area contributed by atoms with Crippen molar-refractivity contribution >= 4 is 10.1 Å². The first-order valence-electron chi connectivity index (χ1n) is 2.77. The average molecular weight is 174 g/mol. The number of rotatable bonds is 1. The van der Waals surface area contributed by atoms with Gasteiger partial charge in [-0.2, -0.15) is 8.42 Å². The van der Waals surface area contributed by atoms with E-state index in [1.165, 1.54) is 12.3 Å². The fourth-order valence-electron chi connectivity index (χ4n) is 0.550. The lowest BCUT2D eigenvalue weighted by Gasteiger charge is -1.94. The van der Waals surface area contributed by atoms with E-state index in [0.717, 1.165) is 0 Å². The maximum absolute atomic E-state index is 10.4. The van der Waals surface area contributed by atoms with Crippen LogP contribution in [0.1, 0.15) is 5.69 Å². The van der Waals surface area contributed by atoms with Crippen molar-refractivity contribution in [3.05, 3.63) is 18.0 Å². The molecular formula is C5H6N2O3S. The molecule has 60 valence electrons. The van der Waals surface area contributed by atoms with E-state index >= 15 is 0 Å². The lowest BCUT2D eigenvalue weighted by molar-refractivity contribution is 0.473. The molecule has 0 aliphatic rings. The Hall–Kier alpha value is -1.01. The standard InChI is InChI=1S/C5H6N2O3S/c1-4-2-3-6-5(7-4)11(8,9)10/h2-3H,1H3,(H,8,9,10). The van der Waals surface area contributed by atoms with Crippen LogP contribution in [0.5, 0.6) is 0 Å². The molecule has 0 saturated carbocycles. The van der Waals surface area contributed by atoms with E-state index in [4.69, 9.17) is 4.55 Å². The van der Waals surface area contributed by atoms with Gasteiger partial charge in [0.25, 0.3) is 5.16 Å². The lowest BCUT2D eigenvalue weighted by Crippen LogP contribution is -2.04. The van der Waals surface area contributed by atoms with Crippen LogP contribution in [-0.2, 0) is 10.1 Å². The molecule has 0 fully saturated rings. The summed E-state index contributed by atoms with van der Waals surface area (Å²) in [7, 11) is -4.25. The highest BCUT2D eigenvalue weighted by molar-refractivity contribution is 7.85. The highest BCUT2D eigenvalue weighted by Crippen LogP contribution is 1.99. The normalized spacial score (nSPS) is 11.5. The Bertz CT molecular complexity index is 360. The molecule has 5 nitrogen and oxygen atoms in total. The Morgan fingerprint density at radius 1 is 1.55 bits per heavy atom. The monoisotopic (exact) mass is 174 g/mol. The van der Waals surface area contributed by atoms with E-state index in [2.05, 4.69) is 9.97 Å². The van der Waals surface area contributed by atoms with Gasteiger partial charge in [0.1, 0.15) is 0 Å². The van der Waals surface area contributed by atoms with Crippen LogP contribution < -0.4 is 0 Å². The van der Waals surface area contributed by atoms with Crippen molar-refractivity contribution in [2.75, 3.05) is 0 Å². The van der Waals surface area contributed by atoms with Gasteiger partial charge in [0.2, 0.25) is 0 Å². The Morgan fingerprint density at radius 2 is 2.18 bits per heavy atom. The SMILES string of the molecule is Cc1ccnc(S(=O)(=O)O)n1. The minimum Gasteiger partial charge on any atom is -0.279 e. The van der Waals surface area contributed by atoms with E-state index in [9.17, 15) is 8.42 Å². The molecular weight excluding hydrogens is 168 g/mol. The minimum atomic E-state index is -4.25. The van der Waals surface area contributed by atoms with Crippen LogP contribution >= 0.6 is 0 Å². The molecule has 0 saturated heterocycles. The summed E-state index contributed by atoms with van der Waals surface area (Å²) in [5, 5.41) is -0.558. The molecule has 0 spiro atoms. The third-order valence-electron chi connectivity index (χ3n) is 1.00. The average Bonchev–Trinajstić information content (AvgIpc) is 1.86. The number of hydrogen-bond acceptors (Lipinski definition) is 4. The van der Waals surface area contributed by atoms with Crippen molar-refractivity contribution in [1.29, 1.82) is 0 Å². The largest absolute Gasteiger partial charge is 0.330 e. The second-order valence-electron chi connectivity index (χ2n) is 1.96. The molecule has 0 aromatic carbocycles.